The van der Waals surface area contributed by atoms with Crippen LogP contribution in [0, 0.1) is 0 Å². The number of hydrogen-bond acceptors (Lipinski definition) is 3. The Morgan fingerprint density at radius 1 is 1.70 bits per heavy atom. The molecule has 0 radical (unpaired) electrons. The molecule has 1 unspecified atom stereocenters. The quantitative estimate of drug-likeness (QED) is 0.480. The van der Waals surface area contributed by atoms with Gasteiger partial charge in [0.05, 0.1) is 6.61 Å². The first-order valence-corrected chi connectivity index (χ1v) is 4.33. The Morgan fingerprint density at radius 3 is 2.70 bits per heavy atom. The van der Waals surface area contributed by atoms with E-state index < -0.39 is 11.3 Å². The average Bonchev–Trinajstić information content (AvgIpc) is 1.88. The number of carboxylic acid groups (broad SMARTS) is 1. The minimum atomic E-state index is -1.01. The lowest BCUT2D eigenvalue weighted by molar-refractivity contribution is -0.136. The van der Waals surface area contributed by atoms with Crippen molar-refractivity contribution >= 4 is 29.3 Å². The van der Waals surface area contributed by atoms with Crippen LogP contribution in [-0.4, -0.2) is 39.7 Å². The summed E-state index contributed by atoms with van der Waals surface area (Å²) in [5.41, 5.74) is 0. The topological polar surface area (TPSA) is 57.5 Å². The first-order chi connectivity index (χ1) is 4.68. The number of carboxylic acids is 1. The maximum Gasteiger partial charge on any atom is 0.322 e. The standard InChI is InChI=1S/C5H9ClO3S/c6-4(5(8)9)3-10-2-1-7/h4,7H,1-3H2,(H,8,9). The highest BCUT2D eigenvalue weighted by Gasteiger charge is 2.12. The van der Waals surface area contributed by atoms with Crippen LogP contribution in [0.2, 0.25) is 0 Å². The SMILES string of the molecule is O=C(O)C(Cl)CSCCO. The van der Waals surface area contributed by atoms with Crippen molar-refractivity contribution in [3.8, 4) is 0 Å². The number of rotatable bonds is 5. The van der Waals surface area contributed by atoms with Gasteiger partial charge in [-0.3, -0.25) is 4.79 Å². The first-order valence-electron chi connectivity index (χ1n) is 2.74. The largest absolute Gasteiger partial charge is 0.480 e. The molecule has 0 aromatic rings. The normalized spacial score (nSPS) is 13.0. The molecule has 0 saturated carbocycles. The molecule has 0 aromatic carbocycles. The lowest BCUT2D eigenvalue weighted by Crippen LogP contribution is -2.16. The number of alkyl halides is 1. The van der Waals surface area contributed by atoms with Gasteiger partial charge in [-0.25, -0.2) is 0 Å². The second kappa shape index (κ2) is 5.82. The predicted octanol–water partition coefficient (Wildman–Crippen LogP) is 0.404. The Balaban J connectivity index is 3.21. The molecule has 0 heterocycles. The summed E-state index contributed by atoms with van der Waals surface area (Å²) in [6.07, 6.45) is 0. The van der Waals surface area contributed by atoms with Crippen LogP contribution in [0.5, 0.6) is 0 Å². The molecule has 0 aliphatic carbocycles. The molecule has 1 atom stereocenters. The van der Waals surface area contributed by atoms with Gasteiger partial charge in [0.2, 0.25) is 0 Å². The van der Waals surface area contributed by atoms with Crippen molar-refractivity contribution in [2.24, 2.45) is 0 Å². The summed E-state index contributed by atoms with van der Waals surface area (Å²) in [5, 5.41) is 15.7. The maximum absolute atomic E-state index is 10.1. The summed E-state index contributed by atoms with van der Waals surface area (Å²) < 4.78 is 0. The van der Waals surface area contributed by atoms with Gasteiger partial charge in [-0.15, -0.1) is 11.6 Å². The molecule has 5 heteroatoms. The van der Waals surface area contributed by atoms with E-state index in [1.54, 1.807) is 0 Å². The molecule has 0 aromatic heterocycles. The van der Waals surface area contributed by atoms with Crippen LogP contribution in [0.25, 0.3) is 0 Å². The highest BCUT2D eigenvalue weighted by molar-refractivity contribution is 7.99. The summed E-state index contributed by atoms with van der Waals surface area (Å²) in [6.45, 7) is 0.0634. The Morgan fingerprint density at radius 2 is 2.30 bits per heavy atom. The van der Waals surface area contributed by atoms with E-state index in [0.717, 1.165) is 0 Å². The van der Waals surface area contributed by atoms with Crippen LogP contribution in [0.1, 0.15) is 0 Å². The maximum atomic E-state index is 10.1. The monoisotopic (exact) mass is 184 g/mol. The van der Waals surface area contributed by atoms with Crippen molar-refractivity contribution in [3.05, 3.63) is 0 Å². The van der Waals surface area contributed by atoms with Crippen LogP contribution < -0.4 is 0 Å². The van der Waals surface area contributed by atoms with Crippen molar-refractivity contribution in [3.63, 3.8) is 0 Å². The third-order valence-corrected chi connectivity index (χ3v) is 2.33. The van der Waals surface area contributed by atoms with Gasteiger partial charge in [-0.2, -0.15) is 11.8 Å². The zero-order valence-electron chi connectivity index (χ0n) is 5.29. The van der Waals surface area contributed by atoms with Crippen molar-refractivity contribution in [1.29, 1.82) is 0 Å². The fourth-order valence-corrected chi connectivity index (χ4v) is 1.24. The molecule has 0 spiro atoms. The van der Waals surface area contributed by atoms with E-state index in [9.17, 15) is 4.79 Å². The molecule has 0 saturated heterocycles. The molecule has 3 nitrogen and oxygen atoms in total. The van der Waals surface area contributed by atoms with E-state index in [1.807, 2.05) is 0 Å². The second-order valence-electron chi connectivity index (χ2n) is 1.60. The van der Waals surface area contributed by atoms with Crippen molar-refractivity contribution in [2.75, 3.05) is 18.1 Å². The molecule has 0 bridgehead atoms. The van der Waals surface area contributed by atoms with E-state index in [2.05, 4.69) is 0 Å². The number of thioether (sulfide) groups is 1. The fraction of sp³-hybridized carbons (Fsp3) is 0.800. The van der Waals surface area contributed by atoms with E-state index in [1.165, 1.54) is 11.8 Å². The Kier molecular flexibility index (Phi) is 5.87. The van der Waals surface area contributed by atoms with E-state index in [0.29, 0.717) is 11.5 Å². The summed E-state index contributed by atoms with van der Waals surface area (Å²) in [6, 6.07) is 0. The van der Waals surface area contributed by atoms with Gasteiger partial charge in [-0.1, -0.05) is 0 Å². The molecule has 0 amide bonds. The van der Waals surface area contributed by atoms with Gasteiger partial charge in [-0.05, 0) is 0 Å². The van der Waals surface area contributed by atoms with Crippen LogP contribution >= 0.6 is 23.4 Å². The molecule has 0 rings (SSSR count). The van der Waals surface area contributed by atoms with E-state index >= 15 is 0 Å². The summed E-state index contributed by atoms with van der Waals surface area (Å²) in [5.74, 6) is -0.124. The molecule has 0 aliphatic heterocycles. The zero-order valence-corrected chi connectivity index (χ0v) is 6.86. The molecular weight excluding hydrogens is 176 g/mol. The lowest BCUT2D eigenvalue weighted by atomic mass is 10.5. The van der Waals surface area contributed by atoms with Gasteiger partial charge in [0.15, 0.2) is 0 Å². The Bertz CT molecular complexity index is 109. The number of aliphatic carboxylic acids is 1. The summed E-state index contributed by atoms with van der Waals surface area (Å²) in [4.78, 5) is 10.1. The zero-order chi connectivity index (χ0) is 7.98. The number of hydrogen-bond donors (Lipinski definition) is 2. The third-order valence-electron chi connectivity index (χ3n) is 0.768. The lowest BCUT2D eigenvalue weighted by Gasteiger charge is -2.01. The highest BCUT2D eigenvalue weighted by atomic mass is 35.5. The average molecular weight is 185 g/mol. The molecule has 0 aliphatic rings. The summed E-state index contributed by atoms with van der Waals surface area (Å²) >= 11 is 6.68. The van der Waals surface area contributed by atoms with Crippen LogP contribution in [0.3, 0.4) is 0 Å². The van der Waals surface area contributed by atoms with Gasteiger partial charge >= 0.3 is 5.97 Å². The van der Waals surface area contributed by atoms with Gasteiger partial charge in [0, 0.05) is 11.5 Å². The smallest absolute Gasteiger partial charge is 0.322 e. The summed E-state index contributed by atoms with van der Waals surface area (Å²) in [7, 11) is 0. The van der Waals surface area contributed by atoms with Crippen molar-refractivity contribution in [2.45, 2.75) is 5.38 Å². The Hall–Kier alpha value is 0.0700. The molecule has 60 valence electrons. The number of halogens is 1. The van der Waals surface area contributed by atoms with Crippen LogP contribution in [0.15, 0.2) is 0 Å². The number of aliphatic hydroxyl groups is 1. The fourth-order valence-electron chi connectivity index (χ4n) is 0.323. The minimum Gasteiger partial charge on any atom is -0.480 e. The first kappa shape index (κ1) is 10.1. The molecule has 10 heavy (non-hydrogen) atoms. The van der Waals surface area contributed by atoms with Crippen LogP contribution in [-0.2, 0) is 4.79 Å². The van der Waals surface area contributed by atoms with Crippen molar-refractivity contribution < 1.29 is 15.0 Å². The van der Waals surface area contributed by atoms with E-state index in [-0.39, 0.29) is 6.61 Å². The third kappa shape index (κ3) is 4.90. The predicted molar refractivity (Wildman–Crippen MR) is 41.7 cm³/mol. The number of aliphatic hydroxyl groups excluding tert-OH is 1. The van der Waals surface area contributed by atoms with Crippen LogP contribution in [0.4, 0.5) is 0 Å². The molecule has 2 N–H and O–H groups in total. The van der Waals surface area contributed by atoms with Crippen molar-refractivity contribution in [1.82, 2.24) is 0 Å². The number of carbonyl (C=O) groups is 1. The van der Waals surface area contributed by atoms with E-state index in [4.69, 9.17) is 21.8 Å². The second-order valence-corrected chi connectivity index (χ2v) is 3.28. The van der Waals surface area contributed by atoms with Gasteiger partial charge < -0.3 is 10.2 Å². The Labute approximate surface area is 68.4 Å². The van der Waals surface area contributed by atoms with Gasteiger partial charge in [0.25, 0.3) is 0 Å². The molecular formula is C5H9ClO3S. The van der Waals surface area contributed by atoms with Gasteiger partial charge in [0.1, 0.15) is 5.38 Å². The highest BCUT2D eigenvalue weighted by Crippen LogP contribution is 2.07. The molecule has 0 fully saturated rings. The minimum absolute atomic E-state index is 0.0634.